The maximum absolute atomic E-state index is 11.3. The zero-order valence-electron chi connectivity index (χ0n) is 12.8. The molecule has 0 saturated carbocycles. The van der Waals surface area contributed by atoms with Crippen molar-refractivity contribution in [2.75, 3.05) is 13.1 Å². The maximum atomic E-state index is 11.3. The number of nitrogens with zero attached hydrogens (tertiary/aromatic N) is 1. The molecule has 21 heavy (non-hydrogen) atoms. The van der Waals surface area contributed by atoms with Crippen LogP contribution in [0.1, 0.15) is 26.3 Å². The Hall–Kier alpha value is -1.60. The summed E-state index contributed by atoms with van der Waals surface area (Å²) < 4.78 is 22.6. The highest BCUT2D eigenvalue weighted by atomic mass is 32.2. The third kappa shape index (κ3) is 6.59. The van der Waals surface area contributed by atoms with Crippen LogP contribution in [0.25, 0.3) is 0 Å². The normalized spacial score (nSPS) is 12.5. The Morgan fingerprint density at radius 2 is 2.05 bits per heavy atom. The van der Waals surface area contributed by atoms with Crippen LogP contribution >= 0.6 is 0 Å². The molecule has 1 aromatic rings. The van der Waals surface area contributed by atoms with Gasteiger partial charge in [0.1, 0.15) is 0 Å². The summed E-state index contributed by atoms with van der Waals surface area (Å²) in [5, 5.41) is 11.5. The maximum Gasteiger partial charge on any atom is 0.238 e. The Kier molecular flexibility index (Phi) is 6.64. The molecule has 0 bridgehead atoms. The number of nitrogens with one attached hydrogen (secondary N) is 2. The van der Waals surface area contributed by atoms with Crippen LogP contribution in [0.2, 0.25) is 0 Å². The Morgan fingerprint density at radius 1 is 1.33 bits per heavy atom. The van der Waals surface area contributed by atoms with Crippen LogP contribution in [-0.2, 0) is 16.6 Å². The van der Waals surface area contributed by atoms with Crippen molar-refractivity contribution in [3.8, 4) is 0 Å². The molecule has 0 atom stereocenters. The van der Waals surface area contributed by atoms with E-state index in [4.69, 9.17) is 5.14 Å². The fourth-order valence-electron chi connectivity index (χ4n) is 1.63. The van der Waals surface area contributed by atoms with Crippen molar-refractivity contribution >= 4 is 16.0 Å². The van der Waals surface area contributed by atoms with Gasteiger partial charge in [0.2, 0.25) is 10.0 Å². The molecule has 0 saturated heterocycles. The van der Waals surface area contributed by atoms with Crippen LogP contribution in [0.5, 0.6) is 0 Å². The molecule has 118 valence electrons. The average Bonchev–Trinajstić information content (AvgIpc) is 2.41. The zero-order chi connectivity index (χ0) is 15.9. The van der Waals surface area contributed by atoms with Gasteiger partial charge in [0, 0.05) is 13.1 Å². The number of benzene rings is 1. The lowest BCUT2D eigenvalue weighted by atomic mass is 10.2. The lowest BCUT2D eigenvalue weighted by Crippen LogP contribution is -2.39. The monoisotopic (exact) mass is 312 g/mol. The van der Waals surface area contributed by atoms with Gasteiger partial charge in [-0.25, -0.2) is 18.5 Å². The first-order valence-electron chi connectivity index (χ1n) is 6.97. The first-order valence-corrected chi connectivity index (χ1v) is 8.51. The van der Waals surface area contributed by atoms with Gasteiger partial charge in [-0.3, -0.25) is 0 Å². The molecule has 0 aromatic heterocycles. The Labute approximate surface area is 126 Å². The molecule has 7 heteroatoms. The smallest absolute Gasteiger partial charge is 0.238 e. The van der Waals surface area contributed by atoms with E-state index in [9.17, 15) is 8.42 Å². The number of hydrogen-bond acceptors (Lipinski definition) is 3. The molecule has 4 N–H and O–H groups in total. The fourth-order valence-corrected chi connectivity index (χ4v) is 2.22. The second-order valence-electron chi connectivity index (χ2n) is 5.16. The zero-order valence-corrected chi connectivity index (χ0v) is 13.6. The minimum atomic E-state index is -3.68. The van der Waals surface area contributed by atoms with Crippen LogP contribution in [0.4, 0.5) is 0 Å². The van der Waals surface area contributed by atoms with Gasteiger partial charge in [0.25, 0.3) is 0 Å². The summed E-state index contributed by atoms with van der Waals surface area (Å²) in [6.07, 6.45) is 0. The van der Waals surface area contributed by atoms with E-state index in [-0.39, 0.29) is 4.90 Å². The number of nitrogens with two attached hydrogens (primary N) is 1. The summed E-state index contributed by atoms with van der Waals surface area (Å²) in [4.78, 5) is 4.54. The van der Waals surface area contributed by atoms with Crippen molar-refractivity contribution < 1.29 is 8.42 Å². The Balaban J connectivity index is 2.80. The number of primary sulfonamides is 1. The van der Waals surface area contributed by atoms with E-state index < -0.39 is 10.0 Å². The van der Waals surface area contributed by atoms with E-state index in [1.807, 2.05) is 13.0 Å². The van der Waals surface area contributed by atoms with Crippen molar-refractivity contribution in [3.63, 3.8) is 0 Å². The summed E-state index contributed by atoms with van der Waals surface area (Å²) in [7, 11) is -3.68. The lowest BCUT2D eigenvalue weighted by molar-refractivity contribution is 0.597. The van der Waals surface area contributed by atoms with E-state index in [1.54, 1.807) is 12.1 Å². The highest BCUT2D eigenvalue weighted by Gasteiger charge is 2.07. The van der Waals surface area contributed by atoms with Crippen LogP contribution in [0.3, 0.4) is 0 Å². The molecular weight excluding hydrogens is 288 g/mol. The van der Waals surface area contributed by atoms with Crippen molar-refractivity contribution in [1.82, 2.24) is 10.6 Å². The van der Waals surface area contributed by atoms with Crippen molar-refractivity contribution in [2.45, 2.75) is 32.2 Å². The molecule has 0 amide bonds. The van der Waals surface area contributed by atoms with E-state index in [2.05, 4.69) is 29.5 Å². The van der Waals surface area contributed by atoms with Gasteiger partial charge in [-0.05, 0) is 30.5 Å². The highest BCUT2D eigenvalue weighted by molar-refractivity contribution is 7.89. The molecule has 0 spiro atoms. The molecule has 0 fully saturated rings. The van der Waals surface area contributed by atoms with E-state index in [0.717, 1.165) is 18.7 Å². The van der Waals surface area contributed by atoms with Gasteiger partial charge in [0.05, 0.1) is 11.4 Å². The molecule has 0 unspecified atom stereocenters. The number of sulfonamides is 1. The molecule has 0 aliphatic heterocycles. The predicted octanol–water partition coefficient (Wildman–Crippen LogP) is 1.05. The number of guanidine groups is 1. The van der Waals surface area contributed by atoms with Crippen molar-refractivity contribution in [2.24, 2.45) is 16.0 Å². The van der Waals surface area contributed by atoms with Gasteiger partial charge >= 0.3 is 0 Å². The summed E-state index contributed by atoms with van der Waals surface area (Å²) in [5.74, 6) is 1.23. The van der Waals surface area contributed by atoms with Gasteiger partial charge < -0.3 is 10.6 Å². The first kappa shape index (κ1) is 17.5. The number of aliphatic imine (C=N–C) groups is 1. The average molecular weight is 312 g/mol. The van der Waals surface area contributed by atoms with Crippen molar-refractivity contribution in [3.05, 3.63) is 29.8 Å². The summed E-state index contributed by atoms with van der Waals surface area (Å²) in [6.45, 7) is 8.20. The van der Waals surface area contributed by atoms with Crippen LogP contribution in [-0.4, -0.2) is 27.5 Å². The molecule has 1 aromatic carbocycles. The quantitative estimate of drug-likeness (QED) is 0.540. The van der Waals surface area contributed by atoms with Gasteiger partial charge in [-0.2, -0.15) is 0 Å². The predicted molar refractivity (Wildman–Crippen MR) is 85.5 cm³/mol. The second-order valence-corrected chi connectivity index (χ2v) is 6.72. The Morgan fingerprint density at radius 3 is 2.62 bits per heavy atom. The molecule has 1 rings (SSSR count). The summed E-state index contributed by atoms with van der Waals surface area (Å²) in [6, 6.07) is 6.51. The van der Waals surface area contributed by atoms with E-state index >= 15 is 0 Å². The first-order chi connectivity index (χ1) is 9.82. The van der Waals surface area contributed by atoms with E-state index in [1.165, 1.54) is 6.07 Å². The van der Waals surface area contributed by atoms with E-state index in [0.29, 0.717) is 18.4 Å². The molecule has 0 radical (unpaired) electrons. The van der Waals surface area contributed by atoms with Gasteiger partial charge in [0.15, 0.2) is 5.96 Å². The minimum absolute atomic E-state index is 0.107. The van der Waals surface area contributed by atoms with Crippen LogP contribution in [0, 0.1) is 5.92 Å². The number of hydrogen-bond donors (Lipinski definition) is 3. The topological polar surface area (TPSA) is 96.6 Å². The third-order valence-corrected chi connectivity index (χ3v) is 3.58. The van der Waals surface area contributed by atoms with Gasteiger partial charge in [-0.15, -0.1) is 0 Å². The molecule has 6 nitrogen and oxygen atoms in total. The second kappa shape index (κ2) is 7.99. The fraction of sp³-hybridized carbons (Fsp3) is 0.500. The van der Waals surface area contributed by atoms with Crippen LogP contribution < -0.4 is 15.8 Å². The van der Waals surface area contributed by atoms with Crippen molar-refractivity contribution in [1.29, 1.82) is 0 Å². The summed E-state index contributed by atoms with van der Waals surface area (Å²) in [5.41, 5.74) is 0.795. The minimum Gasteiger partial charge on any atom is -0.357 e. The third-order valence-electron chi connectivity index (χ3n) is 2.67. The standard InChI is InChI=1S/C14H24N4O2S/c1-4-16-14(17-9-11(2)3)18-10-12-6-5-7-13(8-12)21(15,19)20/h5-8,11H,4,9-10H2,1-3H3,(H2,15,19,20)(H2,16,17,18). The Bertz CT molecular complexity index is 582. The van der Waals surface area contributed by atoms with Gasteiger partial charge in [-0.1, -0.05) is 26.0 Å². The molecule has 0 heterocycles. The SMILES string of the molecule is CCNC(=NCc1cccc(S(N)(=O)=O)c1)NCC(C)C. The molecule has 0 aliphatic carbocycles. The molecule has 0 aliphatic rings. The summed E-state index contributed by atoms with van der Waals surface area (Å²) >= 11 is 0. The largest absolute Gasteiger partial charge is 0.357 e. The number of rotatable bonds is 6. The highest BCUT2D eigenvalue weighted by Crippen LogP contribution is 2.10. The van der Waals surface area contributed by atoms with Crippen LogP contribution in [0.15, 0.2) is 34.2 Å². The lowest BCUT2D eigenvalue weighted by Gasteiger charge is -2.13. The molecular formula is C14H24N4O2S.